The molecule has 2 aliphatic rings. The minimum atomic E-state index is 0.299. The zero-order chi connectivity index (χ0) is 12.3. The molecule has 0 aromatic carbocycles. The molecule has 98 valence electrons. The lowest BCUT2D eigenvalue weighted by molar-refractivity contribution is -0.136. The van der Waals surface area contributed by atoms with Crippen LogP contribution in [0.25, 0.3) is 0 Å². The molecule has 0 spiro atoms. The quantitative estimate of drug-likeness (QED) is 0.676. The van der Waals surface area contributed by atoms with E-state index >= 15 is 0 Å². The maximum absolute atomic E-state index is 12.2. The van der Waals surface area contributed by atoms with Gasteiger partial charge in [-0.25, -0.2) is 0 Å². The third-order valence-electron chi connectivity index (χ3n) is 3.72. The highest BCUT2D eigenvalue weighted by Crippen LogP contribution is 2.08. The van der Waals surface area contributed by atoms with Crippen molar-refractivity contribution in [1.29, 1.82) is 0 Å². The molecule has 0 bridgehead atoms. The largest absolute Gasteiger partial charge is 0.336 e. The molecule has 5 nitrogen and oxygen atoms in total. The molecule has 1 unspecified atom stereocenters. The summed E-state index contributed by atoms with van der Waals surface area (Å²) in [5.41, 5.74) is 0. The van der Waals surface area contributed by atoms with Gasteiger partial charge in [0.05, 0.1) is 6.54 Å². The average molecular weight is 240 g/mol. The Bertz CT molecular complexity index is 265. The van der Waals surface area contributed by atoms with Gasteiger partial charge in [0.2, 0.25) is 5.91 Å². The van der Waals surface area contributed by atoms with E-state index < -0.39 is 0 Å². The van der Waals surface area contributed by atoms with Gasteiger partial charge in [0, 0.05) is 51.9 Å². The Hall–Kier alpha value is -0.650. The Balaban J connectivity index is 1.82. The molecule has 17 heavy (non-hydrogen) atoms. The standard InChI is InChI=1S/C12H24N4O/c1-11-9-14(2)7-8-16(11)12(17)10-15-5-3-13-4-6-15/h11,13H,3-10H2,1-2H3. The van der Waals surface area contributed by atoms with Gasteiger partial charge in [-0.05, 0) is 14.0 Å². The lowest BCUT2D eigenvalue weighted by Crippen LogP contribution is -2.56. The Kier molecular flexibility index (Phi) is 4.36. The van der Waals surface area contributed by atoms with E-state index in [-0.39, 0.29) is 0 Å². The Labute approximate surface area is 104 Å². The highest BCUT2D eigenvalue weighted by molar-refractivity contribution is 5.78. The number of likely N-dealkylation sites (N-methyl/N-ethyl adjacent to an activating group) is 1. The van der Waals surface area contributed by atoms with Crippen LogP contribution < -0.4 is 5.32 Å². The van der Waals surface area contributed by atoms with Crippen LogP contribution >= 0.6 is 0 Å². The van der Waals surface area contributed by atoms with Crippen LogP contribution in [0.4, 0.5) is 0 Å². The number of nitrogens with one attached hydrogen (secondary N) is 1. The van der Waals surface area contributed by atoms with Crippen LogP contribution in [0.1, 0.15) is 6.92 Å². The van der Waals surface area contributed by atoms with Crippen molar-refractivity contribution in [3.63, 3.8) is 0 Å². The predicted molar refractivity (Wildman–Crippen MR) is 68.0 cm³/mol. The van der Waals surface area contributed by atoms with Crippen molar-refractivity contribution < 1.29 is 4.79 Å². The number of hydrogen-bond donors (Lipinski definition) is 1. The van der Waals surface area contributed by atoms with E-state index in [0.717, 1.165) is 45.8 Å². The zero-order valence-electron chi connectivity index (χ0n) is 11.0. The van der Waals surface area contributed by atoms with E-state index in [9.17, 15) is 4.79 Å². The molecule has 1 N–H and O–H groups in total. The summed E-state index contributed by atoms with van der Waals surface area (Å²) < 4.78 is 0. The van der Waals surface area contributed by atoms with Crippen molar-refractivity contribution in [1.82, 2.24) is 20.0 Å². The Morgan fingerprint density at radius 3 is 2.59 bits per heavy atom. The molecular formula is C12H24N4O. The van der Waals surface area contributed by atoms with Crippen LogP contribution in [-0.2, 0) is 4.79 Å². The second-order valence-corrected chi connectivity index (χ2v) is 5.22. The first kappa shape index (κ1) is 12.8. The van der Waals surface area contributed by atoms with Crippen LogP contribution in [-0.4, -0.2) is 86.1 Å². The Morgan fingerprint density at radius 2 is 1.94 bits per heavy atom. The summed E-state index contributed by atoms with van der Waals surface area (Å²) in [5, 5.41) is 3.31. The topological polar surface area (TPSA) is 38.8 Å². The molecule has 0 aliphatic carbocycles. The third-order valence-corrected chi connectivity index (χ3v) is 3.72. The number of piperazine rings is 2. The molecule has 2 rings (SSSR count). The van der Waals surface area contributed by atoms with Gasteiger partial charge >= 0.3 is 0 Å². The summed E-state index contributed by atoms with van der Waals surface area (Å²) in [4.78, 5) is 18.8. The van der Waals surface area contributed by atoms with Gasteiger partial charge in [-0.2, -0.15) is 0 Å². The second kappa shape index (κ2) is 5.80. The smallest absolute Gasteiger partial charge is 0.237 e. The maximum Gasteiger partial charge on any atom is 0.237 e. The summed E-state index contributed by atoms with van der Waals surface area (Å²) in [6.45, 7) is 9.60. The van der Waals surface area contributed by atoms with Crippen molar-refractivity contribution in [2.24, 2.45) is 0 Å². The fourth-order valence-corrected chi connectivity index (χ4v) is 2.66. The molecule has 0 saturated carbocycles. The van der Waals surface area contributed by atoms with Crippen molar-refractivity contribution in [2.75, 3.05) is 59.4 Å². The summed E-state index contributed by atoms with van der Waals surface area (Å²) in [7, 11) is 2.12. The molecule has 0 aromatic rings. The lowest BCUT2D eigenvalue weighted by atomic mass is 10.2. The average Bonchev–Trinajstić information content (AvgIpc) is 2.30. The van der Waals surface area contributed by atoms with E-state index in [0.29, 0.717) is 18.5 Å². The van der Waals surface area contributed by atoms with Crippen molar-refractivity contribution in [3.05, 3.63) is 0 Å². The van der Waals surface area contributed by atoms with Crippen molar-refractivity contribution in [3.8, 4) is 0 Å². The maximum atomic E-state index is 12.2. The summed E-state index contributed by atoms with van der Waals surface area (Å²) in [5.74, 6) is 0.299. The molecule has 2 heterocycles. The van der Waals surface area contributed by atoms with E-state index in [4.69, 9.17) is 0 Å². The van der Waals surface area contributed by atoms with Crippen LogP contribution in [0.5, 0.6) is 0 Å². The second-order valence-electron chi connectivity index (χ2n) is 5.22. The first-order valence-corrected chi connectivity index (χ1v) is 6.58. The minimum absolute atomic E-state index is 0.299. The highest BCUT2D eigenvalue weighted by atomic mass is 16.2. The van der Waals surface area contributed by atoms with E-state index in [1.807, 2.05) is 4.90 Å². The summed E-state index contributed by atoms with van der Waals surface area (Å²) in [6.07, 6.45) is 0. The molecule has 0 aromatic heterocycles. The van der Waals surface area contributed by atoms with Gasteiger partial charge in [-0.15, -0.1) is 0 Å². The van der Waals surface area contributed by atoms with E-state index in [1.165, 1.54) is 0 Å². The van der Waals surface area contributed by atoms with Gasteiger partial charge in [-0.1, -0.05) is 0 Å². The molecule has 1 amide bonds. The monoisotopic (exact) mass is 240 g/mol. The van der Waals surface area contributed by atoms with Gasteiger partial charge in [0.25, 0.3) is 0 Å². The number of nitrogens with zero attached hydrogens (tertiary/aromatic N) is 3. The van der Waals surface area contributed by atoms with Crippen molar-refractivity contribution in [2.45, 2.75) is 13.0 Å². The summed E-state index contributed by atoms with van der Waals surface area (Å²) in [6, 6.07) is 0.351. The molecule has 2 fully saturated rings. The molecule has 5 heteroatoms. The number of carbonyl (C=O) groups is 1. The molecule has 2 aliphatic heterocycles. The third kappa shape index (κ3) is 3.40. The van der Waals surface area contributed by atoms with Gasteiger partial charge in [-0.3, -0.25) is 9.69 Å². The zero-order valence-corrected chi connectivity index (χ0v) is 11.0. The first-order valence-electron chi connectivity index (χ1n) is 6.58. The molecule has 1 atom stereocenters. The Morgan fingerprint density at radius 1 is 1.24 bits per heavy atom. The SMILES string of the molecule is CC1CN(C)CCN1C(=O)CN1CCNCC1. The number of rotatable bonds is 2. The molecular weight excluding hydrogens is 216 g/mol. The van der Waals surface area contributed by atoms with E-state index in [1.54, 1.807) is 0 Å². The van der Waals surface area contributed by atoms with Crippen LogP contribution in [0.2, 0.25) is 0 Å². The fraction of sp³-hybridized carbons (Fsp3) is 0.917. The van der Waals surface area contributed by atoms with Gasteiger partial charge in [0.15, 0.2) is 0 Å². The van der Waals surface area contributed by atoms with Crippen molar-refractivity contribution >= 4 is 5.91 Å². The van der Waals surface area contributed by atoms with Crippen LogP contribution in [0.15, 0.2) is 0 Å². The number of hydrogen-bond acceptors (Lipinski definition) is 4. The van der Waals surface area contributed by atoms with Gasteiger partial charge in [0.1, 0.15) is 0 Å². The predicted octanol–water partition coefficient (Wildman–Crippen LogP) is -0.946. The van der Waals surface area contributed by atoms with Gasteiger partial charge < -0.3 is 15.1 Å². The number of amides is 1. The fourth-order valence-electron chi connectivity index (χ4n) is 2.66. The first-order chi connectivity index (χ1) is 8.16. The lowest BCUT2D eigenvalue weighted by Gasteiger charge is -2.39. The molecule has 0 radical (unpaired) electrons. The van der Waals surface area contributed by atoms with Crippen LogP contribution in [0.3, 0.4) is 0 Å². The molecule has 2 saturated heterocycles. The highest BCUT2D eigenvalue weighted by Gasteiger charge is 2.26. The van der Waals surface area contributed by atoms with E-state index in [2.05, 4.69) is 29.1 Å². The number of carbonyl (C=O) groups excluding carboxylic acids is 1. The minimum Gasteiger partial charge on any atom is -0.336 e. The normalized spacial score (nSPS) is 28.4. The van der Waals surface area contributed by atoms with Crippen LogP contribution in [0, 0.1) is 0 Å². The summed E-state index contributed by atoms with van der Waals surface area (Å²) >= 11 is 0.